The lowest BCUT2D eigenvalue weighted by atomic mass is 10.1. The number of halogens is 2. The maximum absolute atomic E-state index is 11.8. The molecule has 1 aromatic carbocycles. The molecule has 1 amide bonds. The largest absolute Gasteiger partial charge is 0.443 e. The second kappa shape index (κ2) is 7.28. The van der Waals surface area contributed by atoms with Gasteiger partial charge in [-0.3, -0.25) is 4.79 Å². The molecule has 19 heavy (non-hydrogen) atoms. The monoisotopic (exact) mass is 345 g/mol. The van der Waals surface area contributed by atoms with Crippen LogP contribution in [0.4, 0.5) is 0 Å². The van der Waals surface area contributed by atoms with Gasteiger partial charge in [0.2, 0.25) is 0 Å². The van der Waals surface area contributed by atoms with Crippen molar-refractivity contribution >= 4 is 34.2 Å². The van der Waals surface area contributed by atoms with E-state index in [9.17, 15) is 4.79 Å². The van der Waals surface area contributed by atoms with Gasteiger partial charge in [0.05, 0.1) is 0 Å². The molecular weight excluding hydrogens is 334 g/mol. The molecule has 0 unspecified atom stereocenters. The third-order valence-electron chi connectivity index (χ3n) is 2.32. The van der Waals surface area contributed by atoms with E-state index in [-0.39, 0.29) is 24.0 Å². The summed E-state index contributed by atoms with van der Waals surface area (Å²) in [6, 6.07) is 7.45. The normalized spacial score (nSPS) is 9.79. The fourth-order valence-electron chi connectivity index (χ4n) is 1.48. The van der Waals surface area contributed by atoms with Gasteiger partial charge in [-0.2, -0.15) is 0 Å². The molecule has 0 bridgehead atoms. The topological polar surface area (TPSA) is 81.1 Å². The van der Waals surface area contributed by atoms with Crippen molar-refractivity contribution in [3.63, 3.8) is 0 Å². The van der Waals surface area contributed by atoms with E-state index in [1.165, 1.54) is 6.39 Å². The first kappa shape index (κ1) is 15.7. The van der Waals surface area contributed by atoms with Crippen LogP contribution < -0.4 is 11.1 Å². The molecule has 3 N–H and O–H groups in total. The summed E-state index contributed by atoms with van der Waals surface area (Å²) in [6.45, 7) is 0.794. The number of nitrogens with two attached hydrogens (primary N) is 1. The summed E-state index contributed by atoms with van der Waals surface area (Å²) >= 11 is 3.35. The van der Waals surface area contributed by atoms with Gasteiger partial charge in [-0.05, 0) is 12.1 Å². The summed E-state index contributed by atoms with van der Waals surface area (Å²) in [5, 5.41) is 2.66. The third kappa shape index (κ3) is 3.79. The molecule has 102 valence electrons. The molecule has 5 nitrogen and oxygen atoms in total. The number of aromatic nitrogens is 1. The fourth-order valence-corrected chi connectivity index (χ4v) is 1.75. The Hall–Kier alpha value is -1.37. The van der Waals surface area contributed by atoms with E-state index < -0.39 is 0 Å². The Labute approximate surface area is 125 Å². The maximum atomic E-state index is 11.8. The van der Waals surface area contributed by atoms with Gasteiger partial charge in [-0.25, -0.2) is 4.98 Å². The van der Waals surface area contributed by atoms with Crippen LogP contribution in [0.5, 0.6) is 0 Å². The highest BCUT2D eigenvalue weighted by Crippen LogP contribution is 2.24. The van der Waals surface area contributed by atoms with E-state index >= 15 is 0 Å². The molecule has 0 atom stereocenters. The minimum absolute atomic E-state index is 0. The Balaban J connectivity index is 0.00000180. The van der Waals surface area contributed by atoms with Gasteiger partial charge in [0.25, 0.3) is 5.91 Å². The molecule has 0 saturated heterocycles. The maximum Gasteiger partial charge on any atom is 0.273 e. The van der Waals surface area contributed by atoms with E-state index in [1.807, 2.05) is 24.3 Å². The van der Waals surface area contributed by atoms with Crippen molar-refractivity contribution in [2.45, 2.75) is 0 Å². The highest BCUT2D eigenvalue weighted by Gasteiger charge is 2.17. The van der Waals surface area contributed by atoms with Crippen LogP contribution in [0.15, 0.2) is 39.5 Å². The Bertz CT molecular complexity index is 542. The number of nitrogens with zero attached hydrogens (tertiary/aromatic N) is 1. The van der Waals surface area contributed by atoms with Crippen LogP contribution in [0.25, 0.3) is 11.3 Å². The summed E-state index contributed by atoms with van der Waals surface area (Å²) in [6.07, 6.45) is 1.26. The smallest absolute Gasteiger partial charge is 0.273 e. The third-order valence-corrected chi connectivity index (χ3v) is 2.85. The molecule has 0 fully saturated rings. The van der Waals surface area contributed by atoms with Gasteiger partial charge in [0.1, 0.15) is 0 Å². The lowest BCUT2D eigenvalue weighted by Gasteiger charge is -2.03. The molecule has 1 aromatic heterocycles. The summed E-state index contributed by atoms with van der Waals surface area (Å²) in [5.41, 5.74) is 6.40. The van der Waals surface area contributed by atoms with Gasteiger partial charge in [0.15, 0.2) is 17.8 Å². The average molecular weight is 347 g/mol. The van der Waals surface area contributed by atoms with Crippen LogP contribution in [0.2, 0.25) is 0 Å². The van der Waals surface area contributed by atoms with Gasteiger partial charge in [-0.1, -0.05) is 28.1 Å². The van der Waals surface area contributed by atoms with Crippen LogP contribution in [0.1, 0.15) is 10.5 Å². The molecular formula is C12H13BrClN3O2. The first-order valence-electron chi connectivity index (χ1n) is 5.40. The van der Waals surface area contributed by atoms with E-state index in [2.05, 4.69) is 26.2 Å². The Morgan fingerprint density at radius 1 is 1.37 bits per heavy atom. The lowest BCUT2D eigenvalue weighted by Crippen LogP contribution is -2.29. The number of oxazole rings is 1. The van der Waals surface area contributed by atoms with Gasteiger partial charge in [0, 0.05) is 23.1 Å². The second-order valence-corrected chi connectivity index (χ2v) is 4.50. The molecule has 0 aliphatic heterocycles. The van der Waals surface area contributed by atoms with E-state index in [4.69, 9.17) is 10.2 Å². The van der Waals surface area contributed by atoms with Crippen molar-refractivity contribution in [2.75, 3.05) is 13.1 Å². The summed E-state index contributed by atoms with van der Waals surface area (Å²) in [5.74, 6) is 0.171. The van der Waals surface area contributed by atoms with E-state index in [0.29, 0.717) is 18.8 Å². The highest BCUT2D eigenvalue weighted by atomic mass is 79.9. The van der Waals surface area contributed by atoms with Crippen LogP contribution in [-0.2, 0) is 0 Å². The average Bonchev–Trinajstić information content (AvgIpc) is 2.86. The van der Waals surface area contributed by atoms with Crippen molar-refractivity contribution in [1.29, 1.82) is 0 Å². The first-order valence-corrected chi connectivity index (χ1v) is 6.19. The first-order chi connectivity index (χ1) is 8.72. The van der Waals surface area contributed by atoms with Crippen molar-refractivity contribution < 1.29 is 9.21 Å². The SMILES string of the molecule is Cl.NCCNC(=O)c1ncoc1-c1ccc(Br)cc1. The van der Waals surface area contributed by atoms with Crippen LogP contribution in [0.3, 0.4) is 0 Å². The number of amides is 1. The zero-order chi connectivity index (χ0) is 13.0. The zero-order valence-corrected chi connectivity index (χ0v) is 12.3. The number of hydrogen-bond acceptors (Lipinski definition) is 4. The zero-order valence-electron chi connectivity index (χ0n) is 9.93. The molecule has 0 radical (unpaired) electrons. The molecule has 0 aliphatic rings. The van der Waals surface area contributed by atoms with Gasteiger partial charge < -0.3 is 15.5 Å². The molecule has 2 rings (SSSR count). The molecule has 0 saturated carbocycles. The molecule has 2 aromatic rings. The molecule has 0 aliphatic carbocycles. The second-order valence-electron chi connectivity index (χ2n) is 3.58. The standard InChI is InChI=1S/C12H12BrN3O2.ClH/c13-9-3-1-8(2-4-9)11-10(16-7-18-11)12(17)15-6-5-14;/h1-4,7H,5-6,14H2,(H,15,17);1H. The van der Waals surface area contributed by atoms with Crippen LogP contribution >= 0.6 is 28.3 Å². The minimum atomic E-state index is -0.285. The Kier molecular flexibility index (Phi) is 6.01. The number of hydrogen-bond donors (Lipinski definition) is 2. The Morgan fingerprint density at radius 2 is 2.05 bits per heavy atom. The highest BCUT2D eigenvalue weighted by molar-refractivity contribution is 9.10. The number of benzene rings is 1. The fraction of sp³-hybridized carbons (Fsp3) is 0.167. The number of rotatable bonds is 4. The number of carbonyl (C=O) groups is 1. The van der Waals surface area contributed by atoms with Crippen molar-refractivity contribution in [1.82, 2.24) is 10.3 Å². The van der Waals surface area contributed by atoms with Gasteiger partial charge in [-0.15, -0.1) is 12.4 Å². The summed E-state index contributed by atoms with van der Waals surface area (Å²) in [4.78, 5) is 15.8. The van der Waals surface area contributed by atoms with Crippen LogP contribution in [-0.4, -0.2) is 24.0 Å². The lowest BCUT2D eigenvalue weighted by molar-refractivity contribution is 0.0950. The minimum Gasteiger partial charge on any atom is -0.443 e. The molecule has 1 heterocycles. The van der Waals surface area contributed by atoms with Crippen molar-refractivity contribution in [3.8, 4) is 11.3 Å². The predicted molar refractivity (Wildman–Crippen MR) is 78.3 cm³/mol. The van der Waals surface area contributed by atoms with E-state index in [1.54, 1.807) is 0 Å². The van der Waals surface area contributed by atoms with Crippen molar-refractivity contribution in [3.05, 3.63) is 40.8 Å². The summed E-state index contributed by atoms with van der Waals surface area (Å²) < 4.78 is 6.23. The number of carbonyl (C=O) groups excluding carboxylic acids is 1. The Morgan fingerprint density at radius 3 is 2.68 bits per heavy atom. The quantitative estimate of drug-likeness (QED) is 0.889. The van der Waals surface area contributed by atoms with Crippen molar-refractivity contribution in [2.24, 2.45) is 5.73 Å². The molecule has 0 spiro atoms. The molecule has 7 heteroatoms. The summed E-state index contributed by atoms with van der Waals surface area (Å²) in [7, 11) is 0. The number of nitrogens with one attached hydrogen (secondary N) is 1. The van der Waals surface area contributed by atoms with E-state index in [0.717, 1.165) is 10.0 Å². The van der Waals surface area contributed by atoms with Crippen LogP contribution in [0, 0.1) is 0 Å². The van der Waals surface area contributed by atoms with Gasteiger partial charge >= 0.3 is 0 Å². The predicted octanol–water partition coefficient (Wildman–Crippen LogP) is 2.21.